The largest absolute Gasteiger partial charge is 0.384 e. The van der Waals surface area contributed by atoms with Gasteiger partial charge in [-0.05, 0) is 23.1 Å². The molecule has 1 heterocycles. The zero-order valence-electron chi connectivity index (χ0n) is 11.0. The Hall–Kier alpha value is -1.76. The molecule has 0 atom stereocenters. The van der Waals surface area contributed by atoms with Crippen LogP contribution in [0.25, 0.3) is 0 Å². The van der Waals surface area contributed by atoms with Crippen LogP contribution in [0.2, 0.25) is 0 Å². The van der Waals surface area contributed by atoms with Crippen molar-refractivity contribution in [2.75, 3.05) is 11.9 Å². The molecule has 92 valence electrons. The summed E-state index contributed by atoms with van der Waals surface area (Å²) in [5, 5.41) is 3.58. The highest BCUT2D eigenvalue weighted by molar-refractivity contribution is 5.65. The summed E-state index contributed by atoms with van der Waals surface area (Å²) in [4.78, 5) is 0. The molecule has 0 bridgehead atoms. The fourth-order valence-electron chi connectivity index (χ4n) is 2.74. The van der Waals surface area contributed by atoms with E-state index in [-0.39, 0.29) is 5.41 Å². The van der Waals surface area contributed by atoms with Gasteiger partial charge in [-0.3, -0.25) is 0 Å². The van der Waals surface area contributed by atoms with Gasteiger partial charge in [0, 0.05) is 17.6 Å². The molecule has 0 saturated heterocycles. The van der Waals surface area contributed by atoms with Crippen LogP contribution in [0.15, 0.2) is 48.5 Å². The van der Waals surface area contributed by atoms with Gasteiger partial charge in [-0.2, -0.15) is 0 Å². The Morgan fingerprint density at radius 3 is 2.56 bits per heavy atom. The Balaban J connectivity index is 1.98. The molecule has 0 unspecified atom stereocenters. The van der Waals surface area contributed by atoms with Crippen molar-refractivity contribution in [3.05, 3.63) is 65.2 Å². The number of anilines is 1. The number of hydrogen-bond acceptors (Lipinski definition) is 1. The van der Waals surface area contributed by atoms with Gasteiger partial charge in [0.15, 0.2) is 0 Å². The van der Waals surface area contributed by atoms with Gasteiger partial charge < -0.3 is 5.32 Å². The molecule has 1 aliphatic heterocycles. The van der Waals surface area contributed by atoms with Gasteiger partial charge in [0.05, 0.1) is 0 Å². The molecule has 0 radical (unpaired) electrons. The fraction of sp³-hybridized carbons (Fsp3) is 0.294. The first-order valence-corrected chi connectivity index (χ1v) is 6.57. The standard InChI is InChI=1S/C17H19N/c1-17(2)12-18-16-14(9-6-10-15(16)17)11-13-7-4-3-5-8-13/h3-10,18H,11-12H2,1-2H3. The van der Waals surface area contributed by atoms with Gasteiger partial charge in [-0.25, -0.2) is 0 Å². The Bertz CT molecular complexity index is 555. The third-order valence-corrected chi connectivity index (χ3v) is 3.82. The van der Waals surface area contributed by atoms with Crippen LogP contribution in [0.3, 0.4) is 0 Å². The van der Waals surface area contributed by atoms with Crippen molar-refractivity contribution in [1.29, 1.82) is 0 Å². The molecule has 1 N–H and O–H groups in total. The van der Waals surface area contributed by atoms with Crippen molar-refractivity contribution < 1.29 is 0 Å². The zero-order chi connectivity index (χ0) is 12.6. The first-order valence-electron chi connectivity index (χ1n) is 6.57. The molecule has 0 spiro atoms. The lowest BCUT2D eigenvalue weighted by Crippen LogP contribution is -2.18. The predicted molar refractivity (Wildman–Crippen MR) is 77.2 cm³/mol. The molecule has 1 aliphatic rings. The molecule has 18 heavy (non-hydrogen) atoms. The molecular formula is C17H19N. The van der Waals surface area contributed by atoms with Gasteiger partial charge in [-0.1, -0.05) is 62.4 Å². The molecule has 3 rings (SSSR count). The van der Waals surface area contributed by atoms with Crippen LogP contribution >= 0.6 is 0 Å². The average molecular weight is 237 g/mol. The number of hydrogen-bond donors (Lipinski definition) is 1. The Morgan fingerprint density at radius 2 is 1.78 bits per heavy atom. The lowest BCUT2D eigenvalue weighted by Gasteiger charge is -2.17. The van der Waals surface area contributed by atoms with Gasteiger partial charge in [0.25, 0.3) is 0 Å². The number of fused-ring (bicyclic) bond motifs is 1. The van der Waals surface area contributed by atoms with Gasteiger partial charge in [-0.15, -0.1) is 0 Å². The molecule has 0 fully saturated rings. The van der Waals surface area contributed by atoms with Crippen molar-refractivity contribution in [3.8, 4) is 0 Å². The summed E-state index contributed by atoms with van der Waals surface area (Å²) >= 11 is 0. The van der Waals surface area contributed by atoms with Crippen LogP contribution in [0.1, 0.15) is 30.5 Å². The van der Waals surface area contributed by atoms with E-state index in [2.05, 4.69) is 67.7 Å². The number of rotatable bonds is 2. The molecule has 0 saturated carbocycles. The summed E-state index contributed by atoms with van der Waals surface area (Å²) in [5.74, 6) is 0. The molecule has 0 aliphatic carbocycles. The Morgan fingerprint density at radius 1 is 1.00 bits per heavy atom. The number of benzene rings is 2. The van der Waals surface area contributed by atoms with Gasteiger partial charge >= 0.3 is 0 Å². The second kappa shape index (κ2) is 4.16. The molecule has 0 aromatic heterocycles. The Kier molecular flexibility index (Phi) is 2.62. The average Bonchev–Trinajstić information content (AvgIpc) is 2.68. The van der Waals surface area contributed by atoms with E-state index in [1.165, 1.54) is 22.4 Å². The molecule has 1 nitrogen and oxygen atoms in total. The minimum absolute atomic E-state index is 0.252. The SMILES string of the molecule is CC1(C)CNc2c(Cc3ccccc3)cccc21. The second-order valence-corrected chi connectivity index (χ2v) is 5.74. The van der Waals surface area contributed by atoms with E-state index in [4.69, 9.17) is 0 Å². The minimum atomic E-state index is 0.252. The van der Waals surface area contributed by atoms with Crippen LogP contribution in [0.5, 0.6) is 0 Å². The summed E-state index contributed by atoms with van der Waals surface area (Å²) in [5.41, 5.74) is 5.84. The van der Waals surface area contributed by atoms with Crippen LogP contribution in [0.4, 0.5) is 5.69 Å². The minimum Gasteiger partial charge on any atom is -0.384 e. The summed E-state index contributed by atoms with van der Waals surface area (Å²) < 4.78 is 0. The first-order chi connectivity index (χ1) is 8.67. The third-order valence-electron chi connectivity index (χ3n) is 3.82. The summed E-state index contributed by atoms with van der Waals surface area (Å²) in [6, 6.07) is 17.3. The van der Waals surface area contributed by atoms with Crippen LogP contribution in [0, 0.1) is 0 Å². The summed E-state index contributed by atoms with van der Waals surface area (Å²) in [6.45, 7) is 5.64. The molecule has 2 aromatic carbocycles. The smallest absolute Gasteiger partial charge is 0.0415 e. The van der Waals surface area contributed by atoms with Gasteiger partial charge in [0.1, 0.15) is 0 Å². The molecular weight excluding hydrogens is 218 g/mol. The van der Waals surface area contributed by atoms with Crippen molar-refractivity contribution in [3.63, 3.8) is 0 Å². The first kappa shape index (κ1) is 11.3. The maximum Gasteiger partial charge on any atom is 0.0415 e. The van der Waals surface area contributed by atoms with E-state index in [0.29, 0.717) is 0 Å². The number of para-hydroxylation sites is 1. The Labute approximate surface area is 109 Å². The molecule has 0 amide bonds. The topological polar surface area (TPSA) is 12.0 Å². The molecule has 2 aromatic rings. The van der Waals surface area contributed by atoms with E-state index in [1.807, 2.05) is 0 Å². The van der Waals surface area contributed by atoms with E-state index >= 15 is 0 Å². The second-order valence-electron chi connectivity index (χ2n) is 5.74. The summed E-state index contributed by atoms with van der Waals surface area (Å²) in [7, 11) is 0. The highest BCUT2D eigenvalue weighted by Gasteiger charge is 2.30. The van der Waals surface area contributed by atoms with Gasteiger partial charge in [0.2, 0.25) is 0 Å². The van der Waals surface area contributed by atoms with Crippen molar-refractivity contribution >= 4 is 5.69 Å². The zero-order valence-corrected chi connectivity index (χ0v) is 11.0. The number of nitrogens with one attached hydrogen (secondary N) is 1. The lowest BCUT2D eigenvalue weighted by molar-refractivity contribution is 0.586. The van der Waals surface area contributed by atoms with Crippen molar-refractivity contribution in [2.24, 2.45) is 0 Å². The quantitative estimate of drug-likeness (QED) is 0.833. The van der Waals surface area contributed by atoms with E-state index in [9.17, 15) is 0 Å². The van der Waals surface area contributed by atoms with E-state index in [1.54, 1.807) is 0 Å². The van der Waals surface area contributed by atoms with Crippen LogP contribution in [-0.4, -0.2) is 6.54 Å². The van der Waals surface area contributed by atoms with Crippen molar-refractivity contribution in [2.45, 2.75) is 25.7 Å². The van der Waals surface area contributed by atoms with E-state index < -0.39 is 0 Å². The fourth-order valence-corrected chi connectivity index (χ4v) is 2.74. The maximum atomic E-state index is 3.58. The maximum absolute atomic E-state index is 3.58. The summed E-state index contributed by atoms with van der Waals surface area (Å²) in [6.07, 6.45) is 1.01. The van der Waals surface area contributed by atoms with Crippen LogP contribution in [-0.2, 0) is 11.8 Å². The van der Waals surface area contributed by atoms with Crippen LogP contribution < -0.4 is 5.32 Å². The van der Waals surface area contributed by atoms with Crippen molar-refractivity contribution in [1.82, 2.24) is 0 Å². The van der Waals surface area contributed by atoms with E-state index in [0.717, 1.165) is 13.0 Å². The predicted octanol–water partition coefficient (Wildman–Crippen LogP) is 3.98. The third kappa shape index (κ3) is 1.90. The normalized spacial score (nSPS) is 16.1. The highest BCUT2D eigenvalue weighted by Crippen LogP contribution is 2.38. The lowest BCUT2D eigenvalue weighted by atomic mass is 9.85. The highest BCUT2D eigenvalue weighted by atomic mass is 14.9. The monoisotopic (exact) mass is 237 g/mol. The molecule has 1 heteroatoms.